The fraction of sp³-hybridized carbons (Fsp3) is 0. The van der Waals surface area contributed by atoms with Gasteiger partial charge in [-0.15, -0.1) is 0 Å². The normalized spacial score (nSPS) is 15.2. The molecule has 0 radical (unpaired) electrons. The molecular formula is C21H12BrIO3. The predicted octanol–water partition coefficient (Wildman–Crippen LogP) is 6.30. The molecule has 3 nitrogen and oxygen atoms in total. The Morgan fingerprint density at radius 3 is 2.31 bits per heavy atom. The Hall–Kier alpha value is -2.12. The smallest absolute Gasteiger partial charge is 0.343 e. The Balaban J connectivity index is 1.61. The first-order valence-electron chi connectivity index (χ1n) is 7.86. The summed E-state index contributed by atoms with van der Waals surface area (Å²) in [6, 6.07) is 19.4. The molecule has 0 saturated heterocycles. The highest BCUT2D eigenvalue weighted by atomic mass is 127. The van der Waals surface area contributed by atoms with Crippen LogP contribution < -0.4 is 0 Å². The van der Waals surface area contributed by atoms with Crippen LogP contribution in [0.4, 0.5) is 0 Å². The molecule has 0 spiro atoms. The Morgan fingerprint density at radius 2 is 1.58 bits per heavy atom. The Kier molecular flexibility index (Phi) is 4.82. The van der Waals surface area contributed by atoms with Gasteiger partial charge in [0.2, 0.25) is 0 Å². The molecule has 4 rings (SSSR count). The minimum atomic E-state index is -0.380. The maximum absolute atomic E-state index is 12.1. The van der Waals surface area contributed by atoms with Crippen molar-refractivity contribution in [3.8, 4) is 11.3 Å². The van der Waals surface area contributed by atoms with Crippen molar-refractivity contribution < 1.29 is 13.9 Å². The largest absolute Gasteiger partial charge is 0.457 e. The van der Waals surface area contributed by atoms with Gasteiger partial charge < -0.3 is 9.15 Å². The molecule has 3 aromatic rings. The quantitative estimate of drug-likeness (QED) is 0.232. The van der Waals surface area contributed by atoms with E-state index in [1.54, 1.807) is 12.2 Å². The van der Waals surface area contributed by atoms with Crippen LogP contribution in [0.2, 0.25) is 0 Å². The van der Waals surface area contributed by atoms with Gasteiger partial charge in [-0.2, -0.15) is 0 Å². The van der Waals surface area contributed by atoms with Gasteiger partial charge in [0, 0.05) is 19.2 Å². The molecule has 0 atom stereocenters. The lowest BCUT2D eigenvalue weighted by Crippen LogP contribution is -1.96. The van der Waals surface area contributed by atoms with E-state index in [1.165, 1.54) is 3.57 Å². The van der Waals surface area contributed by atoms with Crippen molar-refractivity contribution in [1.29, 1.82) is 0 Å². The monoisotopic (exact) mass is 518 g/mol. The third-order valence-corrected chi connectivity index (χ3v) is 5.15. The van der Waals surface area contributed by atoms with Gasteiger partial charge in [0.05, 0.1) is 5.57 Å². The van der Waals surface area contributed by atoms with Gasteiger partial charge in [-0.1, -0.05) is 40.2 Å². The molecule has 0 fully saturated rings. The van der Waals surface area contributed by atoms with Crippen molar-refractivity contribution >= 4 is 56.3 Å². The number of carbonyl (C=O) groups is 1. The van der Waals surface area contributed by atoms with E-state index < -0.39 is 0 Å². The zero-order valence-electron chi connectivity index (χ0n) is 13.4. The van der Waals surface area contributed by atoms with Crippen molar-refractivity contribution in [1.82, 2.24) is 0 Å². The van der Waals surface area contributed by atoms with Crippen LogP contribution in [-0.2, 0) is 9.53 Å². The van der Waals surface area contributed by atoms with Gasteiger partial charge in [0.1, 0.15) is 17.3 Å². The second-order valence-electron chi connectivity index (χ2n) is 5.71. The summed E-state index contributed by atoms with van der Waals surface area (Å²) >= 11 is 5.66. The highest BCUT2D eigenvalue weighted by Gasteiger charge is 2.22. The van der Waals surface area contributed by atoms with Gasteiger partial charge in [0.25, 0.3) is 0 Å². The van der Waals surface area contributed by atoms with Crippen LogP contribution in [0.5, 0.6) is 0 Å². The van der Waals surface area contributed by atoms with Crippen LogP contribution in [0.3, 0.4) is 0 Å². The summed E-state index contributed by atoms with van der Waals surface area (Å²) < 4.78 is 13.4. The lowest BCUT2D eigenvalue weighted by atomic mass is 10.1. The van der Waals surface area contributed by atoms with Crippen molar-refractivity contribution in [3.63, 3.8) is 0 Å². The van der Waals surface area contributed by atoms with Crippen molar-refractivity contribution in [3.05, 3.63) is 91.7 Å². The summed E-state index contributed by atoms with van der Waals surface area (Å²) in [6.07, 6.45) is 3.43. The number of esters is 1. The van der Waals surface area contributed by atoms with E-state index >= 15 is 0 Å². The maximum Gasteiger partial charge on any atom is 0.343 e. The van der Waals surface area contributed by atoms with E-state index in [1.807, 2.05) is 60.7 Å². The predicted molar refractivity (Wildman–Crippen MR) is 113 cm³/mol. The summed E-state index contributed by atoms with van der Waals surface area (Å²) in [5, 5.41) is 0. The first kappa shape index (κ1) is 17.3. The molecule has 0 amide bonds. The summed E-state index contributed by atoms with van der Waals surface area (Å²) in [5.41, 5.74) is 2.31. The molecule has 2 heterocycles. The Morgan fingerprint density at radius 1 is 0.885 bits per heavy atom. The second-order valence-corrected chi connectivity index (χ2v) is 7.87. The number of rotatable bonds is 3. The molecule has 1 aliphatic rings. The van der Waals surface area contributed by atoms with E-state index in [2.05, 4.69) is 38.5 Å². The molecule has 0 N–H and O–H groups in total. The SMILES string of the molecule is O=C1OC(c2ccc(Br)cc2)=C/C1=C\c1ccc(-c2ccc(I)cc2)o1. The van der Waals surface area contributed by atoms with Crippen LogP contribution in [0, 0.1) is 3.57 Å². The van der Waals surface area contributed by atoms with Crippen LogP contribution in [0.15, 0.2) is 81.2 Å². The number of hydrogen-bond donors (Lipinski definition) is 0. The van der Waals surface area contributed by atoms with Gasteiger partial charge in [0.15, 0.2) is 0 Å². The number of carbonyl (C=O) groups excluding carboxylic acids is 1. The van der Waals surface area contributed by atoms with E-state index in [0.29, 0.717) is 17.1 Å². The van der Waals surface area contributed by atoms with Crippen molar-refractivity contribution in [2.24, 2.45) is 0 Å². The van der Waals surface area contributed by atoms with E-state index in [-0.39, 0.29) is 5.97 Å². The number of ether oxygens (including phenoxy) is 1. The van der Waals surface area contributed by atoms with Crippen molar-refractivity contribution in [2.75, 3.05) is 0 Å². The average Bonchev–Trinajstić information content (AvgIpc) is 3.24. The molecule has 1 aliphatic heterocycles. The molecule has 5 heteroatoms. The molecule has 0 saturated carbocycles. The second kappa shape index (κ2) is 7.25. The molecule has 0 unspecified atom stereocenters. The first-order valence-corrected chi connectivity index (χ1v) is 9.73. The van der Waals surface area contributed by atoms with Gasteiger partial charge >= 0.3 is 5.97 Å². The number of halogens is 2. The number of hydrogen-bond acceptors (Lipinski definition) is 3. The lowest BCUT2D eigenvalue weighted by Gasteiger charge is -2.01. The Bertz CT molecular complexity index is 1030. The molecular weight excluding hydrogens is 507 g/mol. The third kappa shape index (κ3) is 3.68. The maximum atomic E-state index is 12.1. The molecule has 0 aliphatic carbocycles. The average molecular weight is 519 g/mol. The highest BCUT2D eigenvalue weighted by molar-refractivity contribution is 14.1. The van der Waals surface area contributed by atoms with E-state index in [4.69, 9.17) is 9.15 Å². The van der Waals surface area contributed by atoms with Gasteiger partial charge in [-0.25, -0.2) is 4.79 Å². The molecule has 0 bridgehead atoms. The zero-order chi connectivity index (χ0) is 18.1. The minimum Gasteiger partial charge on any atom is -0.457 e. The van der Waals surface area contributed by atoms with Crippen LogP contribution in [-0.4, -0.2) is 5.97 Å². The number of benzene rings is 2. The van der Waals surface area contributed by atoms with Crippen LogP contribution in [0.25, 0.3) is 23.2 Å². The molecule has 26 heavy (non-hydrogen) atoms. The molecule has 1 aromatic heterocycles. The summed E-state index contributed by atoms with van der Waals surface area (Å²) in [7, 11) is 0. The fourth-order valence-electron chi connectivity index (χ4n) is 2.60. The summed E-state index contributed by atoms with van der Waals surface area (Å²) in [5.74, 6) is 1.53. The summed E-state index contributed by atoms with van der Waals surface area (Å²) in [4.78, 5) is 12.1. The fourth-order valence-corrected chi connectivity index (χ4v) is 3.22. The topological polar surface area (TPSA) is 39.4 Å². The standard InChI is InChI=1S/C21H12BrIO3/c22-16-5-1-14(2-6-16)20-12-15(21(24)26-20)11-18-9-10-19(25-18)13-3-7-17(23)8-4-13/h1-12H/b15-11+. The van der Waals surface area contributed by atoms with Crippen molar-refractivity contribution in [2.45, 2.75) is 0 Å². The summed E-state index contributed by atoms with van der Waals surface area (Å²) in [6.45, 7) is 0. The minimum absolute atomic E-state index is 0.380. The van der Waals surface area contributed by atoms with E-state index in [0.717, 1.165) is 21.4 Å². The van der Waals surface area contributed by atoms with Crippen LogP contribution >= 0.6 is 38.5 Å². The number of furan rings is 1. The van der Waals surface area contributed by atoms with Gasteiger partial charge in [-0.3, -0.25) is 0 Å². The molecule has 2 aromatic carbocycles. The van der Waals surface area contributed by atoms with E-state index in [9.17, 15) is 4.79 Å². The van der Waals surface area contributed by atoms with Crippen LogP contribution in [0.1, 0.15) is 11.3 Å². The zero-order valence-corrected chi connectivity index (χ0v) is 17.2. The van der Waals surface area contributed by atoms with Gasteiger partial charge in [-0.05, 0) is 71.1 Å². The highest BCUT2D eigenvalue weighted by Crippen LogP contribution is 2.30. The Labute approximate surface area is 172 Å². The molecule has 128 valence electrons. The number of cyclic esters (lactones) is 1. The third-order valence-electron chi connectivity index (χ3n) is 3.91. The first-order chi connectivity index (χ1) is 12.6. The lowest BCUT2D eigenvalue weighted by molar-refractivity contribution is -0.130.